The van der Waals surface area contributed by atoms with Crippen LogP contribution in [0.5, 0.6) is 0 Å². The standard InChI is InChI=1S/C25H28F3N5O2S/c1-16-13-20(25(26,27)28)30-33(16)14-22(34)32-11-9-19(10-12-32)23-29-21(15-36-23)31(3)24(35)17(2)18-7-5-4-6-8-18/h4-8,13,15,17,19H,9-12,14H2,1-3H3. The smallest absolute Gasteiger partial charge is 0.341 e. The topological polar surface area (TPSA) is 71.3 Å². The highest BCUT2D eigenvalue weighted by atomic mass is 32.1. The summed E-state index contributed by atoms with van der Waals surface area (Å²) in [6.45, 7) is 4.14. The molecular weight excluding hydrogens is 491 g/mol. The zero-order valence-electron chi connectivity index (χ0n) is 20.3. The minimum Gasteiger partial charge on any atom is -0.341 e. The number of benzene rings is 1. The van der Waals surface area contributed by atoms with Gasteiger partial charge in [-0.3, -0.25) is 19.2 Å². The van der Waals surface area contributed by atoms with Crippen LogP contribution in [-0.2, 0) is 22.3 Å². The van der Waals surface area contributed by atoms with Crippen molar-refractivity contribution in [3.63, 3.8) is 0 Å². The average molecular weight is 520 g/mol. The van der Waals surface area contributed by atoms with Gasteiger partial charge in [-0.2, -0.15) is 18.3 Å². The molecule has 0 bridgehead atoms. The van der Waals surface area contributed by atoms with Crippen LogP contribution >= 0.6 is 11.3 Å². The first-order chi connectivity index (χ1) is 17.0. The Hall–Kier alpha value is -3.21. The Morgan fingerprint density at radius 3 is 2.47 bits per heavy atom. The Kier molecular flexibility index (Phi) is 7.49. The van der Waals surface area contributed by atoms with E-state index < -0.39 is 11.9 Å². The van der Waals surface area contributed by atoms with E-state index in [2.05, 4.69) is 5.10 Å². The van der Waals surface area contributed by atoms with Crippen LogP contribution in [0.15, 0.2) is 41.8 Å². The second-order valence-electron chi connectivity index (χ2n) is 9.05. The first-order valence-corrected chi connectivity index (χ1v) is 12.6. The second-order valence-corrected chi connectivity index (χ2v) is 9.94. The van der Waals surface area contributed by atoms with Crippen molar-refractivity contribution in [1.29, 1.82) is 0 Å². The van der Waals surface area contributed by atoms with E-state index in [9.17, 15) is 22.8 Å². The van der Waals surface area contributed by atoms with Gasteiger partial charge in [0.15, 0.2) is 5.69 Å². The minimum atomic E-state index is -4.54. The van der Waals surface area contributed by atoms with Gasteiger partial charge in [-0.1, -0.05) is 30.3 Å². The molecule has 3 heterocycles. The van der Waals surface area contributed by atoms with Gasteiger partial charge in [-0.05, 0) is 38.3 Å². The molecule has 2 aromatic heterocycles. The van der Waals surface area contributed by atoms with Crippen molar-refractivity contribution in [1.82, 2.24) is 19.7 Å². The minimum absolute atomic E-state index is 0.0407. The van der Waals surface area contributed by atoms with Crippen molar-refractivity contribution in [3.8, 4) is 0 Å². The molecule has 1 aliphatic rings. The van der Waals surface area contributed by atoms with Crippen molar-refractivity contribution >= 4 is 29.0 Å². The number of likely N-dealkylation sites (tertiary alicyclic amines) is 1. The molecule has 1 aliphatic heterocycles. The van der Waals surface area contributed by atoms with Gasteiger partial charge < -0.3 is 4.90 Å². The number of carbonyl (C=O) groups excluding carboxylic acids is 2. The highest BCUT2D eigenvalue weighted by molar-refractivity contribution is 7.10. The van der Waals surface area contributed by atoms with Gasteiger partial charge in [0.25, 0.3) is 0 Å². The van der Waals surface area contributed by atoms with E-state index in [0.717, 1.165) is 21.3 Å². The van der Waals surface area contributed by atoms with E-state index in [0.29, 0.717) is 37.4 Å². The Morgan fingerprint density at radius 1 is 1.19 bits per heavy atom. The van der Waals surface area contributed by atoms with Crippen LogP contribution in [0.3, 0.4) is 0 Å². The molecule has 3 aromatic rings. The fourth-order valence-corrected chi connectivity index (χ4v) is 5.33. The molecule has 0 saturated carbocycles. The summed E-state index contributed by atoms with van der Waals surface area (Å²) in [4.78, 5) is 33.6. The van der Waals surface area contributed by atoms with Crippen LogP contribution in [0.2, 0.25) is 0 Å². The number of hydrogen-bond donors (Lipinski definition) is 0. The molecule has 7 nitrogen and oxygen atoms in total. The molecule has 1 atom stereocenters. The number of likely N-dealkylation sites (N-methyl/N-ethyl adjacent to an activating group) is 1. The van der Waals surface area contributed by atoms with Gasteiger partial charge in [0.05, 0.1) is 10.9 Å². The number of amides is 2. The number of aromatic nitrogens is 3. The maximum atomic E-state index is 13.0. The van der Waals surface area contributed by atoms with Crippen LogP contribution in [0.25, 0.3) is 0 Å². The largest absolute Gasteiger partial charge is 0.435 e. The zero-order chi connectivity index (χ0) is 26.0. The molecule has 0 aliphatic carbocycles. The summed E-state index contributed by atoms with van der Waals surface area (Å²) in [5.41, 5.74) is 0.246. The SMILES string of the molecule is Cc1cc(C(F)(F)F)nn1CC(=O)N1CCC(c2nc(N(C)C(=O)C(C)c3ccccc3)cs2)CC1. The molecule has 4 rings (SSSR count). The quantitative estimate of drug-likeness (QED) is 0.467. The van der Waals surface area contributed by atoms with Crippen LogP contribution in [0.4, 0.5) is 19.0 Å². The third-order valence-corrected chi connectivity index (χ3v) is 7.60. The van der Waals surface area contributed by atoms with Gasteiger partial charge in [0, 0.05) is 37.1 Å². The Morgan fingerprint density at radius 2 is 1.86 bits per heavy atom. The third-order valence-electron chi connectivity index (χ3n) is 6.61. The molecule has 192 valence electrons. The van der Waals surface area contributed by atoms with Gasteiger partial charge in [0.1, 0.15) is 12.4 Å². The number of halogens is 3. The highest BCUT2D eigenvalue weighted by Crippen LogP contribution is 2.33. The predicted octanol–water partition coefficient (Wildman–Crippen LogP) is 4.84. The van der Waals surface area contributed by atoms with Crippen LogP contribution in [-0.4, -0.2) is 51.6 Å². The van der Waals surface area contributed by atoms with Crippen molar-refractivity contribution in [2.24, 2.45) is 0 Å². The number of anilines is 1. The van der Waals surface area contributed by atoms with E-state index in [1.165, 1.54) is 18.3 Å². The zero-order valence-corrected chi connectivity index (χ0v) is 21.1. The van der Waals surface area contributed by atoms with E-state index in [1.807, 2.05) is 42.6 Å². The van der Waals surface area contributed by atoms with E-state index in [4.69, 9.17) is 4.98 Å². The number of carbonyl (C=O) groups is 2. The van der Waals surface area contributed by atoms with Crippen molar-refractivity contribution in [2.45, 2.75) is 51.2 Å². The number of thiazole rings is 1. The molecule has 1 unspecified atom stereocenters. The highest BCUT2D eigenvalue weighted by Gasteiger charge is 2.35. The molecule has 0 N–H and O–H groups in total. The lowest BCUT2D eigenvalue weighted by molar-refractivity contribution is -0.142. The van der Waals surface area contributed by atoms with E-state index >= 15 is 0 Å². The number of aryl methyl sites for hydroxylation is 1. The number of nitrogens with zero attached hydrogens (tertiary/aromatic N) is 5. The monoisotopic (exact) mass is 519 g/mol. The fraction of sp³-hybridized carbons (Fsp3) is 0.440. The molecule has 2 amide bonds. The van der Waals surface area contributed by atoms with Gasteiger partial charge in [-0.25, -0.2) is 4.98 Å². The molecular formula is C25H28F3N5O2S. The van der Waals surface area contributed by atoms with Crippen LogP contribution in [0, 0.1) is 6.92 Å². The number of alkyl halides is 3. The van der Waals surface area contributed by atoms with Crippen molar-refractivity contribution < 1.29 is 22.8 Å². The summed E-state index contributed by atoms with van der Waals surface area (Å²) in [5, 5.41) is 6.34. The van der Waals surface area contributed by atoms with Crippen LogP contribution < -0.4 is 4.90 Å². The summed E-state index contributed by atoms with van der Waals surface area (Å²) in [6.07, 6.45) is -3.15. The van der Waals surface area contributed by atoms with Gasteiger partial charge in [-0.15, -0.1) is 11.3 Å². The molecule has 11 heteroatoms. The van der Waals surface area contributed by atoms with Crippen LogP contribution in [0.1, 0.15) is 53.6 Å². The lowest BCUT2D eigenvalue weighted by Crippen LogP contribution is -2.40. The number of rotatable bonds is 6. The maximum absolute atomic E-state index is 13.0. The molecule has 36 heavy (non-hydrogen) atoms. The predicted molar refractivity (Wildman–Crippen MR) is 131 cm³/mol. The normalized spacial score (nSPS) is 15.7. The summed E-state index contributed by atoms with van der Waals surface area (Å²) in [6, 6.07) is 10.5. The molecule has 1 fully saturated rings. The average Bonchev–Trinajstić information content (AvgIpc) is 3.50. The van der Waals surface area contributed by atoms with Crippen molar-refractivity contribution in [3.05, 3.63) is 63.7 Å². The maximum Gasteiger partial charge on any atom is 0.435 e. The molecule has 0 radical (unpaired) electrons. The van der Waals surface area contributed by atoms with Gasteiger partial charge >= 0.3 is 6.18 Å². The fourth-order valence-electron chi connectivity index (χ4n) is 4.32. The Bertz CT molecular complexity index is 1220. The Labute approximate surface area is 211 Å². The van der Waals surface area contributed by atoms with Crippen molar-refractivity contribution in [2.75, 3.05) is 25.0 Å². The summed E-state index contributed by atoms with van der Waals surface area (Å²) >= 11 is 1.50. The van der Waals surface area contributed by atoms with Gasteiger partial charge in [0.2, 0.25) is 11.8 Å². The van der Waals surface area contributed by atoms with E-state index in [-0.39, 0.29) is 30.2 Å². The summed E-state index contributed by atoms with van der Waals surface area (Å²) in [5.74, 6) is 0.178. The first-order valence-electron chi connectivity index (χ1n) is 11.7. The molecule has 1 saturated heterocycles. The second kappa shape index (κ2) is 10.4. The number of piperidine rings is 1. The Balaban J connectivity index is 1.33. The third kappa shape index (κ3) is 5.61. The molecule has 0 spiro atoms. The molecule has 1 aromatic carbocycles. The summed E-state index contributed by atoms with van der Waals surface area (Å²) < 4.78 is 39.8. The summed E-state index contributed by atoms with van der Waals surface area (Å²) in [7, 11) is 1.73. The number of hydrogen-bond acceptors (Lipinski definition) is 5. The first kappa shape index (κ1) is 25.9. The lowest BCUT2D eigenvalue weighted by atomic mass is 9.97. The lowest BCUT2D eigenvalue weighted by Gasteiger charge is -2.31. The van der Waals surface area contributed by atoms with E-state index in [1.54, 1.807) is 16.8 Å².